The van der Waals surface area contributed by atoms with E-state index in [9.17, 15) is 4.79 Å². The van der Waals surface area contributed by atoms with E-state index in [4.69, 9.17) is 15.8 Å². The standard InChI is InChI=1S/C14H20N4O2/c1-11-4-5-13(17-16)12(10-11)14(19)18(7-3-6-15)8-9-20-2/h4-5,10,17H,3,7-9,16H2,1-2H3. The van der Waals surface area contributed by atoms with Crippen LogP contribution in [0.3, 0.4) is 0 Å². The fraction of sp³-hybridized carbons (Fsp3) is 0.429. The zero-order valence-corrected chi connectivity index (χ0v) is 11.8. The number of carbonyl (C=O) groups is 1. The number of hydrogen-bond acceptors (Lipinski definition) is 5. The molecule has 3 N–H and O–H groups in total. The number of nitrogens with one attached hydrogen (secondary N) is 1. The van der Waals surface area contributed by atoms with Gasteiger partial charge in [-0.1, -0.05) is 11.6 Å². The first-order chi connectivity index (χ1) is 9.63. The van der Waals surface area contributed by atoms with Crippen LogP contribution in [-0.2, 0) is 4.74 Å². The number of hydrogen-bond donors (Lipinski definition) is 2. The maximum atomic E-state index is 12.6. The number of nitrogen functional groups attached to an aromatic ring is 1. The van der Waals surface area contributed by atoms with E-state index >= 15 is 0 Å². The lowest BCUT2D eigenvalue weighted by molar-refractivity contribution is 0.0700. The minimum atomic E-state index is -0.158. The van der Waals surface area contributed by atoms with Crippen LogP contribution in [0.4, 0.5) is 5.69 Å². The normalized spacial score (nSPS) is 9.90. The quantitative estimate of drug-likeness (QED) is 0.578. The van der Waals surface area contributed by atoms with Gasteiger partial charge in [0.05, 0.1) is 30.3 Å². The van der Waals surface area contributed by atoms with Gasteiger partial charge in [-0.05, 0) is 19.1 Å². The molecule has 1 rings (SSSR count). The molecule has 0 unspecified atom stereocenters. The van der Waals surface area contributed by atoms with Gasteiger partial charge in [0.15, 0.2) is 0 Å². The first-order valence-electron chi connectivity index (χ1n) is 6.36. The van der Waals surface area contributed by atoms with Crippen LogP contribution in [0, 0.1) is 18.3 Å². The molecule has 108 valence electrons. The van der Waals surface area contributed by atoms with E-state index in [-0.39, 0.29) is 12.3 Å². The Balaban J connectivity index is 2.98. The number of methoxy groups -OCH3 is 1. The second-order valence-electron chi connectivity index (χ2n) is 4.39. The Morgan fingerprint density at radius 2 is 2.25 bits per heavy atom. The lowest BCUT2D eigenvalue weighted by Gasteiger charge is -2.22. The van der Waals surface area contributed by atoms with Crippen molar-refractivity contribution in [1.29, 1.82) is 5.26 Å². The number of ether oxygens (including phenoxy) is 1. The summed E-state index contributed by atoms with van der Waals surface area (Å²) in [4.78, 5) is 14.2. The van der Waals surface area contributed by atoms with Crippen molar-refractivity contribution >= 4 is 11.6 Å². The molecule has 0 heterocycles. The van der Waals surface area contributed by atoms with Gasteiger partial charge >= 0.3 is 0 Å². The summed E-state index contributed by atoms with van der Waals surface area (Å²) in [5, 5.41) is 8.69. The highest BCUT2D eigenvalue weighted by Crippen LogP contribution is 2.18. The average molecular weight is 276 g/mol. The van der Waals surface area contributed by atoms with Gasteiger partial charge in [-0.15, -0.1) is 0 Å². The molecule has 0 aliphatic carbocycles. The van der Waals surface area contributed by atoms with E-state index in [0.717, 1.165) is 5.56 Å². The highest BCUT2D eigenvalue weighted by atomic mass is 16.5. The van der Waals surface area contributed by atoms with Crippen molar-refractivity contribution in [3.8, 4) is 6.07 Å². The molecule has 0 radical (unpaired) electrons. The molecule has 0 aliphatic rings. The van der Waals surface area contributed by atoms with Crippen LogP contribution in [-0.4, -0.2) is 37.6 Å². The van der Waals surface area contributed by atoms with Gasteiger partial charge in [0.25, 0.3) is 5.91 Å². The largest absolute Gasteiger partial charge is 0.383 e. The fourth-order valence-electron chi connectivity index (χ4n) is 1.83. The van der Waals surface area contributed by atoms with Crippen LogP contribution in [0.25, 0.3) is 0 Å². The average Bonchev–Trinajstić information content (AvgIpc) is 2.46. The molecule has 0 aromatic heterocycles. The molecule has 1 amide bonds. The zero-order chi connectivity index (χ0) is 15.0. The summed E-state index contributed by atoms with van der Waals surface area (Å²) in [5.74, 6) is 5.28. The predicted molar refractivity (Wildman–Crippen MR) is 77.0 cm³/mol. The Kier molecular flexibility index (Phi) is 6.50. The van der Waals surface area contributed by atoms with Gasteiger partial charge in [-0.3, -0.25) is 10.6 Å². The summed E-state index contributed by atoms with van der Waals surface area (Å²) >= 11 is 0. The van der Waals surface area contributed by atoms with E-state index in [1.165, 1.54) is 0 Å². The third-order valence-electron chi connectivity index (χ3n) is 2.91. The molecule has 1 aromatic carbocycles. The van der Waals surface area contributed by atoms with Gasteiger partial charge in [0, 0.05) is 20.2 Å². The Labute approximate surface area is 119 Å². The van der Waals surface area contributed by atoms with E-state index < -0.39 is 0 Å². The fourth-order valence-corrected chi connectivity index (χ4v) is 1.83. The van der Waals surface area contributed by atoms with Crippen LogP contribution >= 0.6 is 0 Å². The lowest BCUT2D eigenvalue weighted by atomic mass is 10.1. The third kappa shape index (κ3) is 4.23. The van der Waals surface area contributed by atoms with Crippen molar-refractivity contribution in [1.82, 2.24) is 4.90 Å². The Hall–Kier alpha value is -2.10. The number of amides is 1. The summed E-state index contributed by atoms with van der Waals surface area (Å²) in [7, 11) is 1.58. The Morgan fingerprint density at radius 1 is 1.50 bits per heavy atom. The van der Waals surface area contributed by atoms with Crippen LogP contribution in [0.15, 0.2) is 18.2 Å². The van der Waals surface area contributed by atoms with Crippen LogP contribution in [0.1, 0.15) is 22.3 Å². The topological polar surface area (TPSA) is 91.4 Å². The first-order valence-corrected chi connectivity index (χ1v) is 6.36. The van der Waals surface area contributed by atoms with Crippen molar-refractivity contribution in [3.05, 3.63) is 29.3 Å². The van der Waals surface area contributed by atoms with Crippen molar-refractivity contribution < 1.29 is 9.53 Å². The van der Waals surface area contributed by atoms with Gasteiger partial charge in [-0.2, -0.15) is 5.26 Å². The van der Waals surface area contributed by atoms with Crippen molar-refractivity contribution in [2.45, 2.75) is 13.3 Å². The molecule has 6 nitrogen and oxygen atoms in total. The van der Waals surface area contributed by atoms with Crippen LogP contribution in [0.2, 0.25) is 0 Å². The SMILES string of the molecule is COCCN(CCC#N)C(=O)c1cc(C)ccc1NN. The summed E-state index contributed by atoms with van der Waals surface area (Å²) in [6, 6.07) is 7.47. The Morgan fingerprint density at radius 3 is 2.85 bits per heavy atom. The predicted octanol–water partition coefficient (Wildman–Crippen LogP) is 1.28. The number of hydrazine groups is 1. The molecule has 6 heteroatoms. The maximum absolute atomic E-state index is 12.6. The molecule has 0 saturated heterocycles. The van der Waals surface area contributed by atoms with Gasteiger partial charge < -0.3 is 15.1 Å². The molecule has 0 fully saturated rings. The second-order valence-corrected chi connectivity index (χ2v) is 4.39. The lowest BCUT2D eigenvalue weighted by Crippen LogP contribution is -2.35. The van der Waals surface area contributed by atoms with E-state index in [1.54, 1.807) is 24.1 Å². The molecule has 0 atom stereocenters. The van der Waals surface area contributed by atoms with Crippen LogP contribution < -0.4 is 11.3 Å². The van der Waals surface area contributed by atoms with E-state index in [0.29, 0.717) is 30.9 Å². The molecular formula is C14H20N4O2. The number of nitrogens with two attached hydrogens (primary N) is 1. The van der Waals surface area contributed by atoms with Crippen molar-refractivity contribution in [2.24, 2.45) is 5.84 Å². The Bertz CT molecular complexity index is 496. The number of aryl methyl sites for hydroxylation is 1. The highest BCUT2D eigenvalue weighted by Gasteiger charge is 2.18. The number of anilines is 1. The minimum absolute atomic E-state index is 0.158. The molecule has 20 heavy (non-hydrogen) atoms. The van der Waals surface area contributed by atoms with Gasteiger partial charge in [0.2, 0.25) is 0 Å². The van der Waals surface area contributed by atoms with Crippen LogP contribution in [0.5, 0.6) is 0 Å². The number of benzene rings is 1. The number of nitrogens with zero attached hydrogens (tertiary/aromatic N) is 2. The maximum Gasteiger partial charge on any atom is 0.256 e. The molecule has 0 bridgehead atoms. The summed E-state index contributed by atoms with van der Waals surface area (Å²) in [6.45, 7) is 3.14. The smallest absolute Gasteiger partial charge is 0.256 e. The van der Waals surface area contributed by atoms with Crippen molar-refractivity contribution in [3.63, 3.8) is 0 Å². The van der Waals surface area contributed by atoms with E-state index in [1.807, 2.05) is 19.1 Å². The van der Waals surface area contributed by atoms with Gasteiger partial charge in [-0.25, -0.2) is 0 Å². The van der Waals surface area contributed by atoms with Crippen molar-refractivity contribution in [2.75, 3.05) is 32.2 Å². The summed E-state index contributed by atoms with van der Waals surface area (Å²) < 4.78 is 5.00. The van der Waals surface area contributed by atoms with Gasteiger partial charge in [0.1, 0.15) is 0 Å². The number of nitriles is 1. The monoisotopic (exact) mass is 276 g/mol. The second kappa shape index (κ2) is 8.15. The molecule has 0 spiro atoms. The molecule has 0 aliphatic heterocycles. The first kappa shape index (κ1) is 16.0. The van der Waals surface area contributed by atoms with E-state index in [2.05, 4.69) is 5.43 Å². The molecule has 1 aromatic rings. The molecule has 0 saturated carbocycles. The number of rotatable bonds is 7. The number of carbonyl (C=O) groups excluding carboxylic acids is 1. The highest BCUT2D eigenvalue weighted by molar-refractivity contribution is 5.99. The zero-order valence-electron chi connectivity index (χ0n) is 11.8. The summed E-state index contributed by atoms with van der Waals surface area (Å²) in [5.41, 5.74) is 4.57. The molecular weight excluding hydrogens is 256 g/mol. The minimum Gasteiger partial charge on any atom is -0.383 e. The third-order valence-corrected chi connectivity index (χ3v) is 2.91. The summed E-state index contributed by atoms with van der Waals surface area (Å²) in [6.07, 6.45) is 0.284.